The van der Waals surface area contributed by atoms with Crippen LogP contribution in [0.1, 0.15) is 31.1 Å². The van der Waals surface area contributed by atoms with E-state index >= 15 is 0 Å². The fraction of sp³-hybridized carbons (Fsp3) is 0.235. The second kappa shape index (κ2) is 7.61. The lowest BCUT2D eigenvalue weighted by atomic mass is 10.1. The predicted molar refractivity (Wildman–Crippen MR) is 109 cm³/mol. The molecule has 0 unspecified atom stereocenters. The van der Waals surface area contributed by atoms with E-state index in [9.17, 15) is 13.2 Å². The van der Waals surface area contributed by atoms with Gasteiger partial charge in [0, 0.05) is 19.8 Å². The molecule has 0 spiro atoms. The number of carbonyl (C=O) groups excluding carboxylic acids is 1. The van der Waals surface area contributed by atoms with E-state index in [4.69, 9.17) is 11.6 Å². The molecule has 0 aliphatic carbocycles. The normalized spacial score (nSPS) is 12.0. The van der Waals surface area contributed by atoms with Crippen molar-refractivity contribution in [3.63, 3.8) is 0 Å². The predicted octanol–water partition coefficient (Wildman–Crippen LogP) is 4.27. The Balaban J connectivity index is 2.28. The number of amides is 1. The molecule has 0 saturated heterocycles. The Morgan fingerprint density at radius 2 is 1.80 bits per heavy atom. The van der Waals surface area contributed by atoms with Crippen LogP contribution in [0.3, 0.4) is 0 Å². The summed E-state index contributed by atoms with van der Waals surface area (Å²) in [5.41, 5.74) is 0.210. The zero-order valence-corrected chi connectivity index (χ0v) is 17.7. The minimum atomic E-state index is -3.68. The van der Waals surface area contributed by atoms with Gasteiger partial charge in [-0.3, -0.25) is 4.79 Å². The summed E-state index contributed by atoms with van der Waals surface area (Å²) >= 11 is 7.98. The molecule has 8 heteroatoms. The number of hydrogen-bond acceptors (Lipinski definition) is 3. The monoisotopic (exact) mass is 492 g/mol. The lowest BCUT2D eigenvalue weighted by Gasteiger charge is -2.20. The number of benzene rings is 2. The summed E-state index contributed by atoms with van der Waals surface area (Å²) in [6.07, 6.45) is 0. The van der Waals surface area contributed by atoms with Crippen LogP contribution >= 0.6 is 34.2 Å². The van der Waals surface area contributed by atoms with Crippen LogP contribution in [0.2, 0.25) is 5.02 Å². The van der Waals surface area contributed by atoms with Crippen molar-refractivity contribution in [3.05, 3.63) is 56.6 Å². The molecule has 2 N–H and O–H groups in total. The van der Waals surface area contributed by atoms with Gasteiger partial charge in [0.1, 0.15) is 0 Å². The summed E-state index contributed by atoms with van der Waals surface area (Å²) in [6, 6.07) is 11.1. The van der Waals surface area contributed by atoms with Crippen molar-refractivity contribution in [3.8, 4) is 0 Å². The van der Waals surface area contributed by atoms with Crippen molar-refractivity contribution >= 4 is 55.8 Å². The number of anilines is 1. The number of sulfonamides is 1. The van der Waals surface area contributed by atoms with Crippen molar-refractivity contribution < 1.29 is 13.2 Å². The third-order valence-electron chi connectivity index (χ3n) is 3.02. The first-order chi connectivity index (χ1) is 11.5. The molecule has 0 atom stereocenters. The van der Waals surface area contributed by atoms with Gasteiger partial charge in [-0.25, -0.2) is 13.1 Å². The molecule has 2 rings (SSSR count). The summed E-state index contributed by atoms with van der Waals surface area (Å²) in [5, 5.41) is 3.16. The second-order valence-electron chi connectivity index (χ2n) is 6.46. The highest BCUT2D eigenvalue weighted by molar-refractivity contribution is 14.1. The molecule has 0 radical (unpaired) electrons. The molecule has 2 aromatic rings. The van der Waals surface area contributed by atoms with Crippen LogP contribution in [-0.2, 0) is 10.0 Å². The van der Waals surface area contributed by atoms with E-state index in [1.165, 1.54) is 12.1 Å². The zero-order valence-electron chi connectivity index (χ0n) is 13.9. The first-order valence-corrected chi connectivity index (χ1v) is 10.3. The van der Waals surface area contributed by atoms with Crippen LogP contribution in [0.25, 0.3) is 0 Å². The lowest BCUT2D eigenvalue weighted by molar-refractivity contribution is 0.102. The highest BCUT2D eigenvalue weighted by Gasteiger charge is 2.22. The minimum Gasteiger partial charge on any atom is -0.322 e. The minimum absolute atomic E-state index is 0.0843. The SMILES string of the molecule is CC(C)(C)NS(=O)(=O)c1cccc(NC(=O)c2cc(Cl)ccc2I)c1. The fourth-order valence-corrected chi connectivity index (χ4v) is 4.29. The molecule has 134 valence electrons. The van der Waals surface area contributed by atoms with Gasteiger partial charge in [-0.1, -0.05) is 17.7 Å². The quantitative estimate of drug-likeness (QED) is 0.626. The Labute approximate surface area is 166 Å². The summed E-state index contributed by atoms with van der Waals surface area (Å²) in [4.78, 5) is 12.5. The molecular formula is C17H18ClIN2O3S. The molecule has 0 aromatic heterocycles. The molecule has 0 saturated carbocycles. The number of rotatable bonds is 4. The van der Waals surface area contributed by atoms with Gasteiger partial charge in [0.05, 0.1) is 10.5 Å². The fourth-order valence-electron chi connectivity index (χ4n) is 2.07. The van der Waals surface area contributed by atoms with Gasteiger partial charge in [0.25, 0.3) is 5.91 Å². The molecule has 0 fully saturated rings. The molecule has 25 heavy (non-hydrogen) atoms. The summed E-state index contributed by atoms with van der Waals surface area (Å²) < 4.78 is 28.2. The maximum atomic E-state index is 12.4. The van der Waals surface area contributed by atoms with E-state index in [2.05, 4.69) is 10.0 Å². The van der Waals surface area contributed by atoms with Crippen molar-refractivity contribution in [1.82, 2.24) is 4.72 Å². The first kappa shape index (κ1) is 20.2. The van der Waals surface area contributed by atoms with Crippen molar-refractivity contribution in [2.45, 2.75) is 31.2 Å². The highest BCUT2D eigenvalue weighted by atomic mass is 127. The summed E-state index contributed by atoms with van der Waals surface area (Å²) in [7, 11) is -3.68. The molecule has 0 heterocycles. The Hall–Kier alpha value is -1.16. The zero-order chi connectivity index (χ0) is 18.8. The Morgan fingerprint density at radius 1 is 1.12 bits per heavy atom. The van der Waals surface area contributed by atoms with Gasteiger partial charge in [-0.15, -0.1) is 0 Å². The number of nitrogens with one attached hydrogen (secondary N) is 2. The van der Waals surface area contributed by atoms with Crippen molar-refractivity contribution in [1.29, 1.82) is 0 Å². The average Bonchev–Trinajstić information content (AvgIpc) is 2.47. The third-order valence-corrected chi connectivity index (χ3v) is 5.95. The molecule has 0 bridgehead atoms. The van der Waals surface area contributed by atoms with Gasteiger partial charge < -0.3 is 5.32 Å². The van der Waals surface area contributed by atoms with Gasteiger partial charge in [0.2, 0.25) is 10.0 Å². The summed E-state index contributed by atoms with van der Waals surface area (Å²) in [6.45, 7) is 5.28. The van der Waals surface area contributed by atoms with E-state index in [1.807, 2.05) is 22.6 Å². The Bertz CT molecular complexity index is 908. The first-order valence-electron chi connectivity index (χ1n) is 7.38. The van der Waals surface area contributed by atoms with Crippen LogP contribution < -0.4 is 10.0 Å². The van der Waals surface area contributed by atoms with Crippen LogP contribution in [0.5, 0.6) is 0 Å². The van der Waals surface area contributed by atoms with E-state index in [0.29, 0.717) is 16.3 Å². The van der Waals surface area contributed by atoms with E-state index < -0.39 is 15.6 Å². The molecule has 2 aromatic carbocycles. The average molecular weight is 493 g/mol. The van der Waals surface area contributed by atoms with Crippen molar-refractivity contribution in [2.75, 3.05) is 5.32 Å². The summed E-state index contributed by atoms with van der Waals surface area (Å²) in [5.74, 6) is -0.356. The standard InChI is InChI=1S/C17H18ClIN2O3S/c1-17(2,3)21-25(23,24)13-6-4-5-12(10-13)20-16(22)14-9-11(18)7-8-15(14)19/h4-10,21H,1-3H3,(H,20,22). The molecular weight excluding hydrogens is 475 g/mol. The van der Waals surface area contributed by atoms with Gasteiger partial charge in [-0.05, 0) is 79.8 Å². The van der Waals surface area contributed by atoms with E-state index in [1.54, 1.807) is 51.1 Å². The van der Waals surface area contributed by atoms with E-state index in [0.717, 1.165) is 3.57 Å². The van der Waals surface area contributed by atoms with Gasteiger partial charge >= 0.3 is 0 Å². The van der Waals surface area contributed by atoms with Crippen LogP contribution in [0.15, 0.2) is 47.4 Å². The van der Waals surface area contributed by atoms with E-state index in [-0.39, 0.29) is 10.8 Å². The van der Waals surface area contributed by atoms with Crippen LogP contribution in [-0.4, -0.2) is 19.9 Å². The molecule has 0 aliphatic rings. The second-order valence-corrected chi connectivity index (χ2v) is 9.74. The third kappa shape index (κ3) is 5.67. The molecule has 0 aliphatic heterocycles. The molecule has 1 amide bonds. The van der Waals surface area contributed by atoms with Gasteiger partial charge in [-0.2, -0.15) is 0 Å². The number of hydrogen-bond donors (Lipinski definition) is 2. The van der Waals surface area contributed by atoms with Crippen LogP contribution in [0.4, 0.5) is 5.69 Å². The molecule has 5 nitrogen and oxygen atoms in total. The van der Waals surface area contributed by atoms with Crippen LogP contribution in [0, 0.1) is 3.57 Å². The number of halogens is 2. The van der Waals surface area contributed by atoms with Gasteiger partial charge in [0.15, 0.2) is 0 Å². The lowest BCUT2D eigenvalue weighted by Crippen LogP contribution is -2.40. The largest absolute Gasteiger partial charge is 0.322 e. The topological polar surface area (TPSA) is 75.3 Å². The maximum absolute atomic E-state index is 12.4. The Kier molecular flexibility index (Phi) is 6.13. The number of carbonyl (C=O) groups is 1. The Morgan fingerprint density at radius 3 is 2.44 bits per heavy atom. The smallest absolute Gasteiger partial charge is 0.256 e. The highest BCUT2D eigenvalue weighted by Crippen LogP contribution is 2.21. The van der Waals surface area contributed by atoms with Crippen molar-refractivity contribution in [2.24, 2.45) is 0 Å². The maximum Gasteiger partial charge on any atom is 0.256 e.